The highest BCUT2D eigenvalue weighted by Crippen LogP contribution is 2.51. The van der Waals surface area contributed by atoms with Gasteiger partial charge >= 0.3 is 0 Å². The number of rotatable bonds is 9. The summed E-state index contributed by atoms with van der Waals surface area (Å²) in [6.07, 6.45) is 1.34. The molecule has 2 aliphatic rings. The van der Waals surface area contributed by atoms with Crippen molar-refractivity contribution in [1.82, 2.24) is 0 Å². The number of carbonyl (C=O) groups is 3. The number of aliphatic hydroxyl groups is 4. The minimum Gasteiger partial charge on any atom is -0.511 e. The number of phenolic OH excluding ortho intramolecular Hbond substituents is 2. The van der Waals surface area contributed by atoms with Gasteiger partial charge in [0.25, 0.3) is 0 Å². The van der Waals surface area contributed by atoms with Crippen LogP contribution in [-0.2, 0) is 22.4 Å². The molecule has 10 heteroatoms. The summed E-state index contributed by atoms with van der Waals surface area (Å²) >= 11 is 0. The monoisotopic (exact) mass is 616 g/mol. The fourth-order valence-electron chi connectivity index (χ4n) is 5.40. The molecule has 0 fully saturated rings. The number of Topliss-reactive ketones (excluding diaryl/α,β-unsaturated/α-hetero) is 3. The molecule has 10 nitrogen and oxygen atoms in total. The number of allylic oxidation sites excluding steroid dienone is 5. The molecule has 1 aliphatic heterocycles. The Kier molecular flexibility index (Phi) is 11.3. The van der Waals surface area contributed by atoms with Crippen molar-refractivity contribution in [3.8, 4) is 17.2 Å². The second-order valence-electron chi connectivity index (χ2n) is 13.0. The summed E-state index contributed by atoms with van der Waals surface area (Å²) in [4.78, 5) is 39.5. The van der Waals surface area contributed by atoms with Crippen molar-refractivity contribution >= 4 is 17.3 Å². The first-order valence-electron chi connectivity index (χ1n) is 14.8. The Morgan fingerprint density at radius 1 is 0.955 bits per heavy atom. The SMILES string of the molecule is CC(C)=CCC[C@@]1(C)Oc2c(c(O)c(CC3=C(O)C(C)(C)C(=O)C(C(=O)C(C)C)=C3O)c(O)c2C(=O)C(C)C)C[C@@H]1O.CO. The molecule has 0 spiro atoms. The van der Waals surface area contributed by atoms with E-state index in [0.29, 0.717) is 12.8 Å². The smallest absolute Gasteiger partial charge is 0.183 e. The van der Waals surface area contributed by atoms with E-state index in [9.17, 15) is 39.9 Å². The number of ketones is 3. The lowest BCUT2D eigenvalue weighted by Gasteiger charge is -2.41. The van der Waals surface area contributed by atoms with Crippen LogP contribution in [0.1, 0.15) is 96.6 Å². The van der Waals surface area contributed by atoms with E-state index < -0.39 is 81.3 Å². The van der Waals surface area contributed by atoms with E-state index in [1.807, 2.05) is 19.9 Å². The molecule has 1 aliphatic carbocycles. The summed E-state index contributed by atoms with van der Waals surface area (Å²) in [5, 5.41) is 63.3. The summed E-state index contributed by atoms with van der Waals surface area (Å²) in [5.74, 6) is -5.42. The van der Waals surface area contributed by atoms with E-state index in [1.54, 1.807) is 34.6 Å². The number of benzene rings is 1. The Bertz CT molecular complexity index is 1420. The fraction of sp³-hybridized carbons (Fsp3) is 0.559. The first-order chi connectivity index (χ1) is 20.3. The molecule has 2 atom stereocenters. The van der Waals surface area contributed by atoms with Gasteiger partial charge < -0.3 is 35.4 Å². The van der Waals surface area contributed by atoms with Crippen molar-refractivity contribution in [1.29, 1.82) is 0 Å². The first-order valence-corrected chi connectivity index (χ1v) is 14.8. The number of hydrogen-bond acceptors (Lipinski definition) is 10. The van der Waals surface area contributed by atoms with E-state index in [-0.39, 0.29) is 34.4 Å². The maximum Gasteiger partial charge on any atom is 0.183 e. The van der Waals surface area contributed by atoms with Gasteiger partial charge in [-0.25, -0.2) is 0 Å². The summed E-state index contributed by atoms with van der Waals surface area (Å²) in [7, 11) is 1.00. The highest BCUT2D eigenvalue weighted by Gasteiger charge is 2.47. The van der Waals surface area contributed by atoms with Crippen LogP contribution in [0.25, 0.3) is 0 Å². The maximum absolute atomic E-state index is 13.5. The van der Waals surface area contributed by atoms with E-state index in [1.165, 1.54) is 13.8 Å². The number of carbonyl (C=O) groups excluding carboxylic acids is 3. The van der Waals surface area contributed by atoms with Crippen molar-refractivity contribution in [2.45, 2.75) is 99.7 Å². The Labute approximate surface area is 259 Å². The molecule has 0 saturated heterocycles. The van der Waals surface area contributed by atoms with Gasteiger partial charge in [0.1, 0.15) is 45.5 Å². The van der Waals surface area contributed by atoms with Gasteiger partial charge in [0.15, 0.2) is 17.3 Å². The third kappa shape index (κ3) is 6.56. The second kappa shape index (κ2) is 13.6. The fourth-order valence-corrected chi connectivity index (χ4v) is 5.40. The lowest BCUT2D eigenvalue weighted by Crippen LogP contribution is -2.49. The molecule has 244 valence electrons. The van der Waals surface area contributed by atoms with Crippen LogP contribution in [0.5, 0.6) is 17.2 Å². The van der Waals surface area contributed by atoms with Crippen LogP contribution in [0.2, 0.25) is 0 Å². The van der Waals surface area contributed by atoms with Gasteiger partial charge in [-0.3, -0.25) is 14.4 Å². The zero-order valence-electron chi connectivity index (χ0n) is 27.5. The molecule has 1 aromatic rings. The summed E-state index contributed by atoms with van der Waals surface area (Å²) < 4.78 is 6.26. The average Bonchev–Trinajstić information content (AvgIpc) is 2.94. The van der Waals surface area contributed by atoms with Gasteiger partial charge in [-0.2, -0.15) is 0 Å². The standard InChI is InChI=1S/C33H44O9.CH4O/c1-15(2)11-10-12-33(9)21(34)14-19-26(37)18(27(38)22(29(19)42-33)24(35)16(3)4)13-20-28(39)23(25(36)17(5)6)31(41)32(7,8)30(20)40;1-2/h11,16-17,21,34,37-40H,10,12-14H2,1-9H3;2H,1H3/t21-,33+;/m0./s1. The van der Waals surface area contributed by atoms with Crippen LogP contribution in [0, 0.1) is 17.3 Å². The van der Waals surface area contributed by atoms with Crippen LogP contribution in [-0.4, -0.2) is 66.8 Å². The lowest BCUT2D eigenvalue weighted by molar-refractivity contribution is -0.128. The molecular formula is C34H48O10. The Balaban J connectivity index is 0.00000330. The Hall–Kier alpha value is -3.63. The highest BCUT2D eigenvalue weighted by molar-refractivity contribution is 6.24. The zero-order valence-corrected chi connectivity index (χ0v) is 27.5. The molecular weight excluding hydrogens is 568 g/mol. The normalized spacial score (nSPS) is 21.0. The molecule has 1 aromatic carbocycles. The highest BCUT2D eigenvalue weighted by atomic mass is 16.5. The van der Waals surface area contributed by atoms with Crippen molar-refractivity contribution in [2.24, 2.45) is 17.3 Å². The zero-order chi connectivity index (χ0) is 34.1. The molecule has 6 N–H and O–H groups in total. The number of aromatic hydroxyl groups is 2. The Morgan fingerprint density at radius 3 is 2.00 bits per heavy atom. The maximum atomic E-state index is 13.5. The van der Waals surface area contributed by atoms with Crippen LogP contribution in [0.15, 0.2) is 34.3 Å². The van der Waals surface area contributed by atoms with E-state index in [4.69, 9.17) is 9.84 Å². The predicted octanol–water partition coefficient (Wildman–Crippen LogP) is 5.35. The van der Waals surface area contributed by atoms with Crippen molar-refractivity contribution in [2.75, 3.05) is 7.11 Å². The van der Waals surface area contributed by atoms with Crippen molar-refractivity contribution in [3.63, 3.8) is 0 Å². The molecule has 3 rings (SSSR count). The number of hydrogen-bond donors (Lipinski definition) is 6. The molecule has 0 saturated carbocycles. The summed E-state index contributed by atoms with van der Waals surface area (Å²) in [6, 6.07) is 0. The molecule has 0 unspecified atom stereocenters. The van der Waals surface area contributed by atoms with Gasteiger partial charge in [-0.15, -0.1) is 0 Å². The minimum absolute atomic E-state index is 0.0229. The van der Waals surface area contributed by atoms with Gasteiger partial charge in [0, 0.05) is 48.5 Å². The molecule has 0 radical (unpaired) electrons. The number of phenols is 2. The summed E-state index contributed by atoms with van der Waals surface area (Å²) in [6.45, 7) is 14.9. The van der Waals surface area contributed by atoms with Crippen LogP contribution < -0.4 is 4.74 Å². The summed E-state index contributed by atoms with van der Waals surface area (Å²) in [5.41, 5.74) is -2.59. The van der Waals surface area contributed by atoms with Gasteiger partial charge in [0.2, 0.25) is 0 Å². The van der Waals surface area contributed by atoms with Gasteiger partial charge in [-0.1, -0.05) is 39.3 Å². The third-order valence-electron chi connectivity index (χ3n) is 8.32. The lowest BCUT2D eigenvalue weighted by atomic mass is 9.72. The van der Waals surface area contributed by atoms with Crippen LogP contribution in [0.4, 0.5) is 0 Å². The minimum atomic E-state index is -1.58. The molecule has 44 heavy (non-hydrogen) atoms. The van der Waals surface area contributed by atoms with Gasteiger partial charge in [0.05, 0.1) is 11.5 Å². The molecule has 0 bridgehead atoms. The predicted molar refractivity (Wildman–Crippen MR) is 166 cm³/mol. The number of fused-ring (bicyclic) bond motifs is 1. The van der Waals surface area contributed by atoms with Crippen LogP contribution >= 0.6 is 0 Å². The topological polar surface area (TPSA) is 182 Å². The Morgan fingerprint density at radius 2 is 1.50 bits per heavy atom. The van der Waals surface area contributed by atoms with Crippen LogP contribution in [0.3, 0.4) is 0 Å². The molecule has 0 amide bonds. The largest absolute Gasteiger partial charge is 0.511 e. The van der Waals surface area contributed by atoms with Crippen molar-refractivity contribution < 1.29 is 49.8 Å². The average molecular weight is 617 g/mol. The van der Waals surface area contributed by atoms with Crippen molar-refractivity contribution in [3.05, 3.63) is 51.0 Å². The van der Waals surface area contributed by atoms with E-state index >= 15 is 0 Å². The first kappa shape index (κ1) is 36.6. The molecule has 1 heterocycles. The number of ether oxygens (including phenoxy) is 1. The second-order valence-corrected chi connectivity index (χ2v) is 13.0. The number of aliphatic hydroxyl groups excluding tert-OH is 4. The van der Waals surface area contributed by atoms with Gasteiger partial charge in [-0.05, 0) is 47.5 Å². The van der Waals surface area contributed by atoms with E-state index in [0.717, 1.165) is 12.7 Å². The molecule has 0 aromatic heterocycles. The quantitative estimate of drug-likeness (QED) is 0.120. The van der Waals surface area contributed by atoms with E-state index in [2.05, 4.69) is 0 Å². The third-order valence-corrected chi connectivity index (χ3v) is 8.32.